The van der Waals surface area contributed by atoms with Gasteiger partial charge in [-0.25, -0.2) is 0 Å². The predicted octanol–water partition coefficient (Wildman–Crippen LogP) is -0.0100. The zero-order chi connectivity index (χ0) is 0. The minimum Gasteiger partial charge on any atom is 0 e. The van der Waals surface area contributed by atoms with Gasteiger partial charge in [0.25, 0.3) is 0 Å². The topological polar surface area (TPSA) is 0 Å². The second kappa shape index (κ2) is 17.6. The second-order valence-corrected chi connectivity index (χ2v) is 0. The molecule has 0 atom stereocenters. The Morgan fingerprint density at radius 3 is 0.750 bits per heavy atom. The maximum Gasteiger partial charge on any atom is 0 e. The van der Waals surface area contributed by atoms with Crippen LogP contribution in [0.1, 0.15) is 0 Å². The summed E-state index contributed by atoms with van der Waals surface area (Å²) in [5, 5.41) is 0. The molecular formula is Au2NiV. The molecule has 0 fully saturated rings. The first-order valence-corrected chi connectivity index (χ1v) is 0. The second-order valence-electron chi connectivity index (χ2n) is 0. The predicted molar refractivity (Wildman–Crippen MR) is 0 cm³/mol. The third-order valence-corrected chi connectivity index (χ3v) is 0. The van der Waals surface area contributed by atoms with Crippen molar-refractivity contribution >= 4 is 0 Å². The molecule has 0 saturated carbocycles. The Balaban J connectivity index is 0. The van der Waals surface area contributed by atoms with Crippen LogP contribution in [0.15, 0.2) is 0 Å². The normalized spacial score (nSPS) is 0. The van der Waals surface area contributed by atoms with Gasteiger partial charge < -0.3 is 0 Å². The molecule has 0 aliphatic heterocycles. The number of rotatable bonds is 0. The van der Waals surface area contributed by atoms with Crippen molar-refractivity contribution in [1.29, 1.82) is 0 Å². The average molecular weight is 504 g/mol. The van der Waals surface area contributed by atoms with E-state index >= 15 is 0 Å². The molecule has 0 heterocycles. The molecule has 37 valence electrons. The van der Waals surface area contributed by atoms with Gasteiger partial charge in [0, 0.05) is 79.8 Å². The van der Waals surface area contributed by atoms with Gasteiger partial charge in [0.1, 0.15) is 0 Å². The summed E-state index contributed by atoms with van der Waals surface area (Å²) in [5.74, 6) is 0. The Hall–Kier alpha value is 2.56. The first-order valence-electron chi connectivity index (χ1n) is 0. The van der Waals surface area contributed by atoms with Gasteiger partial charge in [-0.1, -0.05) is 0 Å². The van der Waals surface area contributed by atoms with Crippen molar-refractivity contribution in [2.24, 2.45) is 0 Å². The van der Waals surface area contributed by atoms with Gasteiger partial charge in [-0.2, -0.15) is 0 Å². The van der Waals surface area contributed by atoms with Gasteiger partial charge in [0.15, 0.2) is 0 Å². The van der Waals surface area contributed by atoms with Gasteiger partial charge in [-0.15, -0.1) is 0 Å². The van der Waals surface area contributed by atoms with Crippen LogP contribution >= 0.6 is 0 Å². The zero-order valence-electron chi connectivity index (χ0n) is 1.37. The maximum atomic E-state index is 0. The molecule has 0 bridgehead atoms. The summed E-state index contributed by atoms with van der Waals surface area (Å²) < 4.78 is 0. The fourth-order valence-electron chi connectivity index (χ4n) is 0. The van der Waals surface area contributed by atoms with Crippen LogP contribution in [-0.4, -0.2) is 0 Å². The fourth-order valence-corrected chi connectivity index (χ4v) is 0. The van der Waals surface area contributed by atoms with Crippen LogP contribution in [0.25, 0.3) is 0 Å². The van der Waals surface area contributed by atoms with E-state index in [4.69, 9.17) is 0 Å². The minimum atomic E-state index is 0. The molecule has 0 aliphatic carbocycles. The van der Waals surface area contributed by atoms with Crippen LogP contribution in [0, 0.1) is 0 Å². The molecule has 0 aromatic carbocycles. The summed E-state index contributed by atoms with van der Waals surface area (Å²) >= 11 is 0. The van der Waals surface area contributed by atoms with Gasteiger partial charge in [-0.3, -0.25) is 0 Å². The van der Waals surface area contributed by atoms with Gasteiger partial charge in [0.05, 0.1) is 0 Å². The summed E-state index contributed by atoms with van der Waals surface area (Å²) in [6.45, 7) is 0. The van der Waals surface area contributed by atoms with E-state index in [-0.39, 0.29) is 79.8 Å². The van der Waals surface area contributed by atoms with E-state index in [1.54, 1.807) is 0 Å². The largest absolute Gasteiger partial charge is 0 e. The van der Waals surface area contributed by atoms with E-state index in [1.165, 1.54) is 0 Å². The maximum absolute atomic E-state index is 0. The molecule has 3 radical (unpaired) electrons. The van der Waals surface area contributed by atoms with Crippen molar-refractivity contribution < 1.29 is 79.8 Å². The van der Waals surface area contributed by atoms with Crippen molar-refractivity contribution in [3.63, 3.8) is 0 Å². The molecule has 0 aliphatic rings. The third kappa shape index (κ3) is 8.82. The summed E-state index contributed by atoms with van der Waals surface area (Å²) in [4.78, 5) is 0. The Bertz CT molecular complexity index is 6.00. The molecule has 0 spiro atoms. The van der Waals surface area contributed by atoms with E-state index in [9.17, 15) is 0 Å². The first-order chi connectivity index (χ1) is 0. The van der Waals surface area contributed by atoms with E-state index < -0.39 is 0 Å². The molecule has 0 saturated heterocycles. The van der Waals surface area contributed by atoms with Crippen molar-refractivity contribution in [2.45, 2.75) is 0 Å². The first kappa shape index (κ1) is 31.0. The van der Waals surface area contributed by atoms with Gasteiger partial charge >= 0.3 is 0 Å². The molecule has 0 aromatic heterocycles. The fraction of sp³-hybridized carbons (Fsp3) is 0. The zero-order valence-corrected chi connectivity index (χ0v) is 8.08. The summed E-state index contributed by atoms with van der Waals surface area (Å²) in [5.41, 5.74) is 0. The van der Waals surface area contributed by atoms with Gasteiger partial charge in [-0.05, 0) is 0 Å². The number of hydrogen-bond acceptors (Lipinski definition) is 0. The molecular weight excluding hydrogens is 504 g/mol. The Morgan fingerprint density at radius 1 is 0.750 bits per heavy atom. The smallest absolute Gasteiger partial charge is 0 e. The van der Waals surface area contributed by atoms with Crippen LogP contribution < -0.4 is 0 Å². The summed E-state index contributed by atoms with van der Waals surface area (Å²) in [6.07, 6.45) is 0. The minimum absolute atomic E-state index is 0. The quantitative estimate of drug-likeness (QED) is 0.408. The molecule has 0 aromatic rings. The van der Waals surface area contributed by atoms with Crippen LogP contribution in [0.3, 0.4) is 0 Å². The van der Waals surface area contributed by atoms with Crippen LogP contribution in [0.5, 0.6) is 0 Å². The molecule has 0 amide bonds. The van der Waals surface area contributed by atoms with Crippen LogP contribution in [0.2, 0.25) is 0 Å². The van der Waals surface area contributed by atoms with Crippen LogP contribution in [0.4, 0.5) is 0 Å². The number of hydrogen-bond donors (Lipinski definition) is 0. The summed E-state index contributed by atoms with van der Waals surface area (Å²) in [6, 6.07) is 0. The Kier molecular flexibility index (Phi) is 137. The van der Waals surface area contributed by atoms with Gasteiger partial charge in [0.2, 0.25) is 0 Å². The monoisotopic (exact) mass is 503 g/mol. The van der Waals surface area contributed by atoms with E-state index in [1.807, 2.05) is 0 Å². The average Bonchev–Trinajstić information content (AvgIpc) is 0. The third-order valence-electron chi connectivity index (χ3n) is 0. The Labute approximate surface area is 78.7 Å². The molecule has 0 N–H and O–H groups in total. The molecule has 4 heavy (non-hydrogen) atoms. The molecule has 0 unspecified atom stereocenters. The standard InChI is InChI=1S/2Au.Ni.V. The van der Waals surface area contributed by atoms with E-state index in [0.29, 0.717) is 0 Å². The van der Waals surface area contributed by atoms with Crippen molar-refractivity contribution in [3.8, 4) is 0 Å². The summed E-state index contributed by atoms with van der Waals surface area (Å²) in [7, 11) is 0. The molecule has 0 rings (SSSR count). The SMILES string of the molecule is [Au].[Au].[Ni].[V]. The van der Waals surface area contributed by atoms with Crippen molar-refractivity contribution in [1.82, 2.24) is 0 Å². The molecule has 0 nitrogen and oxygen atoms in total. The molecule has 4 heteroatoms. The van der Waals surface area contributed by atoms with Crippen molar-refractivity contribution in [2.75, 3.05) is 0 Å². The van der Waals surface area contributed by atoms with E-state index in [2.05, 4.69) is 0 Å². The van der Waals surface area contributed by atoms with Crippen molar-refractivity contribution in [3.05, 3.63) is 0 Å². The Morgan fingerprint density at radius 2 is 0.750 bits per heavy atom. The van der Waals surface area contributed by atoms with E-state index in [0.717, 1.165) is 0 Å². The van der Waals surface area contributed by atoms with Crippen LogP contribution in [-0.2, 0) is 79.8 Å².